The third-order valence-electron chi connectivity index (χ3n) is 2.91. The summed E-state index contributed by atoms with van der Waals surface area (Å²) in [6.07, 6.45) is 3.13. The minimum absolute atomic E-state index is 0.0247. The zero-order valence-electron chi connectivity index (χ0n) is 13.9. The fourth-order valence-corrected chi connectivity index (χ4v) is 3.00. The molecule has 0 radical (unpaired) electrons. The van der Waals surface area contributed by atoms with E-state index in [2.05, 4.69) is 24.9 Å². The van der Waals surface area contributed by atoms with Crippen molar-refractivity contribution < 1.29 is 23.0 Å². The second-order valence-electron chi connectivity index (χ2n) is 4.69. The highest BCUT2D eigenvalue weighted by molar-refractivity contribution is 7.88. The summed E-state index contributed by atoms with van der Waals surface area (Å²) in [5.74, 6) is 0.149. The van der Waals surface area contributed by atoms with Crippen molar-refractivity contribution in [3.63, 3.8) is 0 Å². The lowest BCUT2D eigenvalue weighted by Crippen LogP contribution is -2.11. The van der Waals surface area contributed by atoms with Crippen LogP contribution in [0.5, 0.6) is 11.8 Å². The molecule has 0 aromatic carbocycles. The molecule has 13 heteroatoms. The Hall–Kier alpha value is -2.93. The van der Waals surface area contributed by atoms with E-state index < -0.39 is 16.0 Å². The fourth-order valence-electron chi connectivity index (χ4n) is 1.87. The van der Waals surface area contributed by atoms with Gasteiger partial charge in [0.25, 0.3) is 0 Å². The van der Waals surface area contributed by atoms with E-state index >= 15 is 0 Å². The van der Waals surface area contributed by atoms with Gasteiger partial charge in [-0.2, -0.15) is 9.97 Å². The summed E-state index contributed by atoms with van der Waals surface area (Å²) in [4.78, 5) is 19.6. The van der Waals surface area contributed by atoms with E-state index in [0.717, 1.165) is 0 Å². The van der Waals surface area contributed by atoms with Gasteiger partial charge in [0.1, 0.15) is 0 Å². The predicted molar refractivity (Wildman–Crippen MR) is 87.4 cm³/mol. The molecule has 136 valence electrons. The molecule has 2 N–H and O–H groups in total. The van der Waals surface area contributed by atoms with Crippen molar-refractivity contribution in [2.24, 2.45) is 23.7 Å². The summed E-state index contributed by atoms with van der Waals surface area (Å²) in [6.45, 7) is 0. The van der Waals surface area contributed by atoms with Crippen LogP contribution in [0.1, 0.15) is 0 Å². The molecule has 0 aliphatic carbocycles. The number of aryl methyl sites for hydroxylation is 2. The van der Waals surface area contributed by atoms with Crippen molar-refractivity contribution >= 4 is 22.0 Å². The Morgan fingerprint density at radius 3 is 2.20 bits per heavy atom. The van der Waals surface area contributed by atoms with Crippen LogP contribution in [0.4, 0.5) is 10.7 Å². The van der Waals surface area contributed by atoms with Crippen LogP contribution in [0.3, 0.4) is 0 Å². The Labute approximate surface area is 143 Å². The van der Waals surface area contributed by atoms with E-state index in [1.165, 1.54) is 29.4 Å². The van der Waals surface area contributed by atoms with Crippen LogP contribution in [-0.2, 0) is 24.1 Å². The number of urea groups is 1. The summed E-state index contributed by atoms with van der Waals surface area (Å²) in [5, 5.41) is 5.41. The van der Waals surface area contributed by atoms with Gasteiger partial charge in [-0.3, -0.25) is 9.87 Å². The first kappa shape index (κ1) is 18.4. The molecule has 25 heavy (non-hydrogen) atoms. The van der Waals surface area contributed by atoms with Gasteiger partial charge < -0.3 is 18.6 Å². The van der Waals surface area contributed by atoms with Crippen LogP contribution in [0, 0.1) is 4.77 Å². The van der Waals surface area contributed by atoms with Gasteiger partial charge in [-0.25, -0.2) is 9.00 Å². The molecular formula is C12H17N7O5S. The molecule has 2 aromatic heterocycles. The zero-order valence-corrected chi connectivity index (χ0v) is 14.7. The number of carbonyl (C=O) groups is 1. The molecule has 0 aliphatic heterocycles. The average Bonchev–Trinajstić information content (AvgIpc) is 2.92. The molecule has 2 amide bonds. The number of nitrogens with one attached hydrogen (secondary N) is 1. The summed E-state index contributed by atoms with van der Waals surface area (Å²) in [7, 11) is 1.99. The van der Waals surface area contributed by atoms with E-state index in [1.807, 2.05) is 0 Å². The molecular weight excluding hydrogens is 354 g/mol. The molecule has 0 fully saturated rings. The molecule has 1 atom stereocenters. The first-order valence-electron chi connectivity index (χ1n) is 6.75. The lowest BCUT2D eigenvalue weighted by atomic mass is 10.6. The standard InChI is InChI=1S/C12H17N7O5S/c1-18-5-6-19(2)12(18)25(21,22)17-16-11(20)15-10-13-8(23-3)7-9(14-10)24-4/h5-7H,1-4H3,(H,21,22)(H,13,14,15,20). The van der Waals surface area contributed by atoms with Gasteiger partial charge in [-0.05, 0) is 0 Å². The quantitative estimate of drug-likeness (QED) is 0.603. The predicted octanol–water partition coefficient (Wildman–Crippen LogP) is 1.06. The highest BCUT2D eigenvalue weighted by Crippen LogP contribution is 2.17. The Morgan fingerprint density at radius 2 is 1.72 bits per heavy atom. The SMILES string of the molecule is COc1cc(OC)nc(NC(=O)N=NS(=O)(O)=c2n(C)ccn2C)n1. The monoisotopic (exact) mass is 371 g/mol. The van der Waals surface area contributed by atoms with Crippen molar-refractivity contribution in [1.82, 2.24) is 19.1 Å². The van der Waals surface area contributed by atoms with Crippen LogP contribution in [0.25, 0.3) is 0 Å². The first-order chi connectivity index (χ1) is 11.8. The average molecular weight is 371 g/mol. The van der Waals surface area contributed by atoms with Gasteiger partial charge in [0.15, 0.2) is 0 Å². The van der Waals surface area contributed by atoms with Crippen molar-refractivity contribution in [2.45, 2.75) is 0 Å². The van der Waals surface area contributed by atoms with Gasteiger partial charge in [-0.1, -0.05) is 9.63 Å². The number of methoxy groups -OCH3 is 2. The third-order valence-corrected chi connectivity index (χ3v) is 4.27. The number of hydrogen-bond acceptors (Lipinski definition) is 6. The summed E-state index contributed by atoms with van der Waals surface area (Å²) < 4.78 is 38.1. The lowest BCUT2D eigenvalue weighted by molar-refractivity contribution is 0.258. The molecule has 0 saturated heterocycles. The molecule has 1 unspecified atom stereocenters. The molecule has 2 heterocycles. The van der Waals surface area contributed by atoms with Crippen LogP contribution in [-0.4, -0.2) is 48.1 Å². The van der Waals surface area contributed by atoms with Crippen molar-refractivity contribution in [2.75, 3.05) is 19.5 Å². The van der Waals surface area contributed by atoms with Gasteiger partial charge >= 0.3 is 6.03 Å². The van der Waals surface area contributed by atoms with E-state index in [-0.39, 0.29) is 22.5 Å². The minimum atomic E-state index is -3.91. The second kappa shape index (κ2) is 7.31. The molecule has 0 saturated carbocycles. The van der Waals surface area contributed by atoms with Gasteiger partial charge in [0.2, 0.25) is 32.5 Å². The zero-order chi connectivity index (χ0) is 18.6. The number of nitrogens with zero attached hydrogens (tertiary/aromatic N) is 6. The minimum Gasteiger partial charge on any atom is -0.481 e. The van der Waals surface area contributed by atoms with Gasteiger partial charge in [-0.15, -0.1) is 0 Å². The summed E-state index contributed by atoms with van der Waals surface area (Å²) in [6, 6.07) is 0.376. The maximum absolute atomic E-state index is 12.3. The maximum atomic E-state index is 12.3. The van der Waals surface area contributed by atoms with Gasteiger partial charge in [0.05, 0.1) is 20.3 Å². The normalized spacial score (nSPS) is 13.5. The van der Waals surface area contributed by atoms with Crippen LogP contribution < -0.4 is 14.8 Å². The molecule has 12 nitrogen and oxygen atoms in total. The fraction of sp³-hybridized carbons (Fsp3) is 0.333. The molecule has 2 rings (SSSR count). The topological polar surface area (TPSA) is 145 Å². The number of imidazole rings is 1. The van der Waals surface area contributed by atoms with E-state index in [9.17, 15) is 13.6 Å². The number of anilines is 1. The Bertz CT molecular complexity index is 926. The van der Waals surface area contributed by atoms with Crippen molar-refractivity contribution in [3.05, 3.63) is 23.2 Å². The highest BCUT2D eigenvalue weighted by Gasteiger charge is 2.11. The highest BCUT2D eigenvalue weighted by atomic mass is 32.2. The Kier molecular flexibility index (Phi) is 5.38. The van der Waals surface area contributed by atoms with Crippen LogP contribution >= 0.6 is 0 Å². The number of aromatic nitrogens is 4. The molecule has 0 spiro atoms. The number of amides is 2. The van der Waals surface area contributed by atoms with E-state index in [4.69, 9.17) is 9.47 Å². The van der Waals surface area contributed by atoms with Crippen LogP contribution in [0.2, 0.25) is 0 Å². The molecule has 2 aromatic rings. The number of hydrogen-bond donors (Lipinski definition) is 2. The maximum Gasteiger partial charge on any atom is 0.367 e. The smallest absolute Gasteiger partial charge is 0.367 e. The molecule has 0 aliphatic rings. The van der Waals surface area contributed by atoms with Crippen LogP contribution in [0.15, 0.2) is 28.1 Å². The lowest BCUT2D eigenvalue weighted by Gasteiger charge is -2.05. The van der Waals surface area contributed by atoms with E-state index in [1.54, 1.807) is 26.5 Å². The number of carbonyl (C=O) groups excluding carboxylic acids is 1. The first-order valence-corrected chi connectivity index (χ1v) is 8.22. The number of rotatable bonds is 4. The molecule has 0 bridgehead atoms. The Balaban J connectivity index is 2.28. The van der Waals surface area contributed by atoms with Crippen molar-refractivity contribution in [1.29, 1.82) is 0 Å². The largest absolute Gasteiger partial charge is 0.481 e. The van der Waals surface area contributed by atoms with Crippen molar-refractivity contribution in [3.8, 4) is 11.8 Å². The second-order valence-corrected chi connectivity index (χ2v) is 6.21. The third kappa shape index (κ3) is 4.33. The summed E-state index contributed by atoms with van der Waals surface area (Å²) in [5.41, 5.74) is 0. The van der Waals surface area contributed by atoms with Gasteiger partial charge in [0, 0.05) is 26.5 Å². The van der Waals surface area contributed by atoms with E-state index in [0.29, 0.717) is 0 Å². The Morgan fingerprint density at radius 1 is 1.20 bits per heavy atom. The summed E-state index contributed by atoms with van der Waals surface area (Å²) >= 11 is 0. The number of ether oxygens (including phenoxy) is 2.